The lowest BCUT2D eigenvalue weighted by Crippen LogP contribution is -2.50. The minimum atomic E-state index is -3.44. The number of carbonyl (C=O) groups is 1. The minimum Gasteiger partial charge on any atom is -0.337 e. The van der Waals surface area contributed by atoms with Crippen LogP contribution in [0.4, 0.5) is 0 Å². The molecule has 0 aliphatic carbocycles. The molecule has 25 heavy (non-hydrogen) atoms. The number of carbonyl (C=O) groups excluding carboxylic acids is 1. The topological polar surface area (TPSA) is 57.7 Å². The van der Waals surface area contributed by atoms with Gasteiger partial charge in [-0.2, -0.15) is 4.31 Å². The first-order valence-corrected chi connectivity index (χ1v) is 10.4. The molecule has 132 valence electrons. The lowest BCUT2D eigenvalue weighted by Gasteiger charge is -2.33. The van der Waals surface area contributed by atoms with Crippen molar-refractivity contribution >= 4 is 44.9 Å². The van der Waals surface area contributed by atoms with Crippen LogP contribution < -0.4 is 0 Å². The summed E-state index contributed by atoms with van der Waals surface area (Å²) in [7, 11) is -3.44. The lowest BCUT2D eigenvalue weighted by molar-refractivity contribution is -0.127. The molecule has 0 spiro atoms. The first kappa shape index (κ1) is 18.1. The van der Waals surface area contributed by atoms with Gasteiger partial charge in [0, 0.05) is 37.3 Å². The van der Waals surface area contributed by atoms with Gasteiger partial charge in [-0.1, -0.05) is 29.8 Å². The highest BCUT2D eigenvalue weighted by atomic mass is 35.5. The van der Waals surface area contributed by atoms with Gasteiger partial charge in [0.1, 0.15) is 4.21 Å². The number of hydrogen-bond acceptors (Lipinski definition) is 4. The van der Waals surface area contributed by atoms with Crippen molar-refractivity contribution in [3.63, 3.8) is 0 Å². The van der Waals surface area contributed by atoms with Crippen molar-refractivity contribution in [2.75, 3.05) is 26.2 Å². The SMILES string of the molecule is O=C(/C=C/c1ccc(Cl)cc1)N1CCN(S(=O)(=O)c2cccs2)CC1. The maximum atomic E-state index is 12.5. The largest absolute Gasteiger partial charge is 0.337 e. The van der Waals surface area contributed by atoms with Crippen LogP contribution in [-0.2, 0) is 14.8 Å². The Bertz CT molecular complexity index is 854. The Balaban J connectivity index is 1.58. The highest BCUT2D eigenvalue weighted by Gasteiger charge is 2.30. The van der Waals surface area contributed by atoms with Gasteiger partial charge in [-0.3, -0.25) is 4.79 Å². The fraction of sp³-hybridized carbons (Fsp3) is 0.235. The smallest absolute Gasteiger partial charge is 0.252 e. The second kappa shape index (κ2) is 7.70. The van der Waals surface area contributed by atoms with E-state index in [9.17, 15) is 13.2 Å². The standard InChI is InChI=1S/C17H17ClN2O3S2/c18-15-6-3-14(4-7-15)5-8-16(21)19-9-11-20(12-10-19)25(22,23)17-2-1-13-24-17/h1-8,13H,9-12H2/b8-5+. The van der Waals surface area contributed by atoms with E-state index in [1.165, 1.54) is 21.7 Å². The van der Waals surface area contributed by atoms with E-state index < -0.39 is 10.0 Å². The van der Waals surface area contributed by atoms with Crippen LogP contribution in [0.25, 0.3) is 6.08 Å². The monoisotopic (exact) mass is 396 g/mol. The Hall–Kier alpha value is -1.67. The molecule has 0 radical (unpaired) electrons. The number of amides is 1. The third-order valence-electron chi connectivity index (χ3n) is 3.93. The van der Waals surface area contributed by atoms with Crippen molar-refractivity contribution in [3.05, 3.63) is 58.4 Å². The third kappa shape index (κ3) is 4.30. The molecule has 2 heterocycles. The number of thiophene rings is 1. The summed E-state index contributed by atoms with van der Waals surface area (Å²) in [5, 5.41) is 2.39. The van der Waals surface area contributed by atoms with Crippen molar-refractivity contribution in [1.82, 2.24) is 9.21 Å². The number of sulfonamides is 1. The predicted molar refractivity (Wildman–Crippen MR) is 100 cm³/mol. The van der Waals surface area contributed by atoms with Gasteiger partial charge in [0.05, 0.1) is 0 Å². The molecule has 1 saturated heterocycles. The lowest BCUT2D eigenvalue weighted by atomic mass is 10.2. The summed E-state index contributed by atoms with van der Waals surface area (Å²) >= 11 is 7.04. The van der Waals surface area contributed by atoms with E-state index in [0.717, 1.165) is 5.56 Å². The van der Waals surface area contributed by atoms with Gasteiger partial charge < -0.3 is 4.90 Å². The molecule has 1 aliphatic rings. The van der Waals surface area contributed by atoms with Crippen LogP contribution in [-0.4, -0.2) is 49.7 Å². The van der Waals surface area contributed by atoms with Crippen molar-refractivity contribution in [2.45, 2.75) is 4.21 Å². The first-order chi connectivity index (χ1) is 12.0. The number of benzene rings is 1. The van der Waals surface area contributed by atoms with Gasteiger partial charge in [-0.25, -0.2) is 8.42 Å². The Morgan fingerprint density at radius 2 is 1.76 bits per heavy atom. The molecule has 0 unspecified atom stereocenters. The van der Waals surface area contributed by atoms with Crippen LogP contribution in [0.15, 0.2) is 52.1 Å². The molecule has 1 aromatic carbocycles. The summed E-state index contributed by atoms with van der Waals surface area (Å²) in [4.78, 5) is 13.9. The molecule has 0 atom stereocenters. The van der Waals surface area contributed by atoms with E-state index in [2.05, 4.69) is 0 Å². The number of nitrogens with zero attached hydrogens (tertiary/aromatic N) is 2. The molecule has 1 aliphatic heterocycles. The van der Waals surface area contributed by atoms with E-state index in [0.29, 0.717) is 35.4 Å². The summed E-state index contributed by atoms with van der Waals surface area (Å²) in [6.07, 6.45) is 3.24. The molecule has 8 heteroatoms. The van der Waals surface area contributed by atoms with Crippen molar-refractivity contribution < 1.29 is 13.2 Å². The van der Waals surface area contributed by atoms with Crippen LogP contribution in [0.2, 0.25) is 5.02 Å². The van der Waals surface area contributed by atoms with Crippen molar-refractivity contribution in [2.24, 2.45) is 0 Å². The van der Waals surface area contributed by atoms with E-state index in [-0.39, 0.29) is 5.91 Å². The number of hydrogen-bond donors (Lipinski definition) is 0. The Labute approximate surface area is 156 Å². The normalized spacial score (nSPS) is 16.4. The molecule has 1 amide bonds. The van der Waals surface area contributed by atoms with Gasteiger partial charge in [0.15, 0.2) is 0 Å². The zero-order chi connectivity index (χ0) is 17.9. The van der Waals surface area contributed by atoms with Crippen LogP contribution in [0.1, 0.15) is 5.56 Å². The predicted octanol–water partition coefficient (Wildman–Crippen LogP) is 2.95. The maximum Gasteiger partial charge on any atom is 0.252 e. The average molecular weight is 397 g/mol. The maximum absolute atomic E-state index is 12.5. The van der Waals surface area contributed by atoms with Gasteiger partial charge in [-0.15, -0.1) is 11.3 Å². The zero-order valence-electron chi connectivity index (χ0n) is 13.3. The molecule has 1 fully saturated rings. The van der Waals surface area contributed by atoms with Crippen LogP contribution in [0.5, 0.6) is 0 Å². The number of rotatable bonds is 4. The Morgan fingerprint density at radius 1 is 1.08 bits per heavy atom. The molecule has 0 N–H and O–H groups in total. The summed E-state index contributed by atoms with van der Waals surface area (Å²) in [6, 6.07) is 10.5. The van der Waals surface area contributed by atoms with E-state index in [1.807, 2.05) is 12.1 Å². The molecule has 5 nitrogen and oxygen atoms in total. The van der Waals surface area contributed by atoms with E-state index in [4.69, 9.17) is 11.6 Å². The minimum absolute atomic E-state index is 0.122. The van der Waals surface area contributed by atoms with Crippen molar-refractivity contribution in [3.8, 4) is 0 Å². The summed E-state index contributed by atoms with van der Waals surface area (Å²) < 4.78 is 26.7. The highest BCUT2D eigenvalue weighted by molar-refractivity contribution is 7.91. The van der Waals surface area contributed by atoms with E-state index in [1.54, 1.807) is 40.6 Å². The summed E-state index contributed by atoms with van der Waals surface area (Å²) in [5.74, 6) is -0.122. The quantitative estimate of drug-likeness (QED) is 0.746. The van der Waals surface area contributed by atoms with Gasteiger partial charge >= 0.3 is 0 Å². The molecular formula is C17H17ClN2O3S2. The molecule has 1 aromatic heterocycles. The van der Waals surface area contributed by atoms with Crippen LogP contribution in [0.3, 0.4) is 0 Å². The van der Waals surface area contributed by atoms with E-state index >= 15 is 0 Å². The second-order valence-electron chi connectivity index (χ2n) is 5.55. The fourth-order valence-corrected chi connectivity index (χ4v) is 5.23. The average Bonchev–Trinajstić information content (AvgIpc) is 3.16. The summed E-state index contributed by atoms with van der Waals surface area (Å²) in [6.45, 7) is 1.38. The molecular weight excluding hydrogens is 380 g/mol. The Morgan fingerprint density at radius 3 is 2.36 bits per heavy atom. The molecule has 0 saturated carbocycles. The highest BCUT2D eigenvalue weighted by Crippen LogP contribution is 2.22. The van der Waals surface area contributed by atoms with Gasteiger partial charge in [0.2, 0.25) is 5.91 Å². The van der Waals surface area contributed by atoms with Crippen molar-refractivity contribution in [1.29, 1.82) is 0 Å². The molecule has 0 bridgehead atoms. The number of piperazine rings is 1. The fourth-order valence-electron chi connectivity index (χ4n) is 2.53. The Kier molecular flexibility index (Phi) is 5.58. The molecule has 2 aromatic rings. The van der Waals surface area contributed by atoms with Gasteiger partial charge in [-0.05, 0) is 35.2 Å². The van der Waals surface area contributed by atoms with Crippen LogP contribution >= 0.6 is 22.9 Å². The second-order valence-corrected chi connectivity index (χ2v) is 9.10. The van der Waals surface area contributed by atoms with Gasteiger partial charge in [0.25, 0.3) is 10.0 Å². The first-order valence-electron chi connectivity index (χ1n) is 7.73. The number of halogens is 1. The summed E-state index contributed by atoms with van der Waals surface area (Å²) in [5.41, 5.74) is 0.886. The zero-order valence-corrected chi connectivity index (χ0v) is 15.7. The van der Waals surface area contributed by atoms with Crippen LogP contribution in [0, 0.1) is 0 Å². The third-order valence-corrected chi connectivity index (χ3v) is 7.45. The molecule has 3 rings (SSSR count).